The molecule has 2 heterocycles. The molecule has 2 aliphatic rings. The second-order valence-corrected chi connectivity index (χ2v) is 9.15. The van der Waals surface area contributed by atoms with Crippen LogP contribution in [0.3, 0.4) is 0 Å². The Labute approximate surface area is 155 Å². The van der Waals surface area contributed by atoms with Crippen molar-refractivity contribution in [2.75, 3.05) is 39.4 Å². The Hall–Kier alpha value is -0.660. The lowest BCUT2D eigenvalue weighted by atomic mass is 10.1. The topological polar surface area (TPSA) is 49.9 Å². The third-order valence-electron chi connectivity index (χ3n) is 5.05. The van der Waals surface area contributed by atoms with E-state index in [0.717, 1.165) is 38.9 Å². The zero-order valence-electron chi connectivity index (χ0n) is 14.6. The van der Waals surface area contributed by atoms with Gasteiger partial charge in [0.05, 0.1) is 4.90 Å². The molecular formula is C18H27ClN2O3S. The Morgan fingerprint density at radius 1 is 1.20 bits per heavy atom. The van der Waals surface area contributed by atoms with E-state index in [1.165, 1.54) is 12.8 Å². The zero-order chi connectivity index (χ0) is 17.7. The van der Waals surface area contributed by atoms with Crippen LogP contribution in [0, 0.1) is 0 Å². The predicted molar refractivity (Wildman–Crippen MR) is 99.5 cm³/mol. The van der Waals surface area contributed by atoms with Gasteiger partial charge in [0, 0.05) is 30.8 Å². The first-order valence-corrected chi connectivity index (χ1v) is 11.0. The molecule has 0 aromatic heterocycles. The van der Waals surface area contributed by atoms with Gasteiger partial charge in [0.2, 0.25) is 10.0 Å². The summed E-state index contributed by atoms with van der Waals surface area (Å²) in [5, 5.41) is 0.449. The van der Waals surface area contributed by atoms with Gasteiger partial charge in [-0.2, -0.15) is 4.31 Å². The monoisotopic (exact) mass is 386 g/mol. The standard InChI is InChI=1S/C18H27ClN2O3S/c19-16-5-3-6-18(15-16)25(22,23)21(17-7-13-24-14-8-17)12-4-11-20-9-1-2-10-20/h3,5-6,15,17H,1-2,4,7-14H2. The van der Waals surface area contributed by atoms with Gasteiger partial charge in [0.15, 0.2) is 0 Å². The number of rotatable bonds is 7. The summed E-state index contributed by atoms with van der Waals surface area (Å²) in [6, 6.07) is 6.59. The van der Waals surface area contributed by atoms with Crippen molar-refractivity contribution in [2.24, 2.45) is 0 Å². The van der Waals surface area contributed by atoms with Gasteiger partial charge >= 0.3 is 0 Å². The van der Waals surface area contributed by atoms with Crippen molar-refractivity contribution in [3.05, 3.63) is 29.3 Å². The van der Waals surface area contributed by atoms with Crippen LogP contribution in [0.5, 0.6) is 0 Å². The highest BCUT2D eigenvalue weighted by Gasteiger charge is 2.32. The minimum atomic E-state index is -3.54. The van der Waals surface area contributed by atoms with Crippen LogP contribution in [0.4, 0.5) is 0 Å². The van der Waals surface area contributed by atoms with Gasteiger partial charge in [0.25, 0.3) is 0 Å². The van der Waals surface area contributed by atoms with Crippen molar-refractivity contribution in [1.29, 1.82) is 0 Å². The SMILES string of the molecule is O=S(=O)(c1cccc(Cl)c1)N(CCCN1CCCC1)C1CCOCC1. The Bertz CT molecular complexity index is 656. The van der Waals surface area contributed by atoms with Crippen LogP contribution in [0.2, 0.25) is 5.02 Å². The van der Waals surface area contributed by atoms with Crippen LogP contribution in [-0.4, -0.2) is 63.1 Å². The molecule has 2 fully saturated rings. The molecule has 0 unspecified atom stereocenters. The summed E-state index contributed by atoms with van der Waals surface area (Å²) in [6.45, 7) is 5.04. The average Bonchev–Trinajstić information content (AvgIpc) is 3.13. The summed E-state index contributed by atoms with van der Waals surface area (Å²) in [5.74, 6) is 0. The van der Waals surface area contributed by atoms with Gasteiger partial charge in [-0.25, -0.2) is 8.42 Å². The second kappa shape index (κ2) is 8.82. The molecule has 3 rings (SSSR count). The molecule has 0 radical (unpaired) electrons. The average molecular weight is 387 g/mol. The van der Waals surface area contributed by atoms with Crippen molar-refractivity contribution in [2.45, 2.75) is 43.0 Å². The van der Waals surface area contributed by atoms with E-state index in [2.05, 4.69) is 4.90 Å². The number of nitrogens with zero attached hydrogens (tertiary/aromatic N) is 2. The molecule has 5 nitrogen and oxygen atoms in total. The molecule has 1 aromatic carbocycles. The minimum Gasteiger partial charge on any atom is -0.381 e. The van der Waals surface area contributed by atoms with Crippen LogP contribution in [0.25, 0.3) is 0 Å². The van der Waals surface area contributed by atoms with E-state index in [9.17, 15) is 8.42 Å². The maximum atomic E-state index is 13.2. The fourth-order valence-corrected chi connectivity index (χ4v) is 5.72. The van der Waals surface area contributed by atoms with E-state index in [0.29, 0.717) is 24.8 Å². The summed E-state index contributed by atoms with van der Waals surface area (Å²) in [7, 11) is -3.54. The van der Waals surface area contributed by atoms with Gasteiger partial charge in [-0.3, -0.25) is 0 Å². The van der Waals surface area contributed by atoms with E-state index in [-0.39, 0.29) is 10.9 Å². The number of benzene rings is 1. The first-order chi connectivity index (χ1) is 12.1. The summed E-state index contributed by atoms with van der Waals surface area (Å²) in [4.78, 5) is 2.71. The Kier molecular flexibility index (Phi) is 6.74. The fraction of sp³-hybridized carbons (Fsp3) is 0.667. The van der Waals surface area contributed by atoms with Crippen molar-refractivity contribution in [1.82, 2.24) is 9.21 Å². The van der Waals surface area contributed by atoms with Crippen molar-refractivity contribution in [3.63, 3.8) is 0 Å². The first-order valence-electron chi connectivity index (χ1n) is 9.15. The number of hydrogen-bond acceptors (Lipinski definition) is 4. The van der Waals surface area contributed by atoms with Gasteiger partial charge in [-0.05, 0) is 69.9 Å². The molecule has 7 heteroatoms. The second-order valence-electron chi connectivity index (χ2n) is 6.82. The van der Waals surface area contributed by atoms with Gasteiger partial charge < -0.3 is 9.64 Å². The van der Waals surface area contributed by atoms with E-state index in [1.54, 1.807) is 28.6 Å². The van der Waals surface area contributed by atoms with Gasteiger partial charge in [0.1, 0.15) is 0 Å². The minimum absolute atomic E-state index is 0.0105. The molecule has 0 saturated carbocycles. The van der Waals surface area contributed by atoms with E-state index in [4.69, 9.17) is 16.3 Å². The van der Waals surface area contributed by atoms with E-state index < -0.39 is 10.0 Å². The van der Waals surface area contributed by atoms with Crippen LogP contribution in [0.1, 0.15) is 32.1 Å². The smallest absolute Gasteiger partial charge is 0.243 e. The first kappa shape index (κ1) is 19.1. The van der Waals surface area contributed by atoms with E-state index in [1.807, 2.05) is 0 Å². The van der Waals surface area contributed by atoms with Crippen LogP contribution in [0.15, 0.2) is 29.2 Å². The number of halogens is 1. The lowest BCUT2D eigenvalue weighted by Gasteiger charge is -2.33. The number of ether oxygens (including phenoxy) is 1. The summed E-state index contributed by atoms with van der Waals surface area (Å²) < 4.78 is 33.6. The molecular weight excluding hydrogens is 360 g/mol. The molecule has 0 amide bonds. The Morgan fingerprint density at radius 2 is 1.92 bits per heavy atom. The molecule has 25 heavy (non-hydrogen) atoms. The fourth-order valence-electron chi connectivity index (χ4n) is 3.69. The molecule has 1 aromatic rings. The normalized spacial score (nSPS) is 20.4. The number of likely N-dealkylation sites (tertiary alicyclic amines) is 1. The van der Waals surface area contributed by atoms with Crippen LogP contribution < -0.4 is 0 Å². The molecule has 0 spiro atoms. The van der Waals surface area contributed by atoms with Crippen LogP contribution >= 0.6 is 11.6 Å². The van der Waals surface area contributed by atoms with E-state index >= 15 is 0 Å². The maximum Gasteiger partial charge on any atom is 0.243 e. The van der Waals surface area contributed by atoms with Crippen molar-refractivity contribution >= 4 is 21.6 Å². The third kappa shape index (κ3) is 4.95. The molecule has 0 aliphatic carbocycles. The summed E-state index contributed by atoms with van der Waals surface area (Å²) >= 11 is 6.02. The molecule has 140 valence electrons. The lowest BCUT2D eigenvalue weighted by Crippen LogP contribution is -2.44. The van der Waals surface area contributed by atoms with Gasteiger partial charge in [-0.1, -0.05) is 17.7 Å². The maximum absolute atomic E-state index is 13.2. The highest BCUT2D eigenvalue weighted by Crippen LogP contribution is 2.25. The molecule has 0 atom stereocenters. The van der Waals surface area contributed by atoms with Crippen molar-refractivity contribution in [3.8, 4) is 0 Å². The Morgan fingerprint density at radius 3 is 2.60 bits per heavy atom. The van der Waals surface area contributed by atoms with Gasteiger partial charge in [-0.15, -0.1) is 0 Å². The summed E-state index contributed by atoms with van der Waals surface area (Å²) in [6.07, 6.45) is 4.87. The molecule has 2 aliphatic heterocycles. The quantitative estimate of drug-likeness (QED) is 0.722. The largest absolute Gasteiger partial charge is 0.381 e. The molecule has 0 N–H and O–H groups in total. The van der Waals surface area contributed by atoms with Crippen molar-refractivity contribution < 1.29 is 13.2 Å². The zero-order valence-corrected chi connectivity index (χ0v) is 16.1. The molecule has 0 bridgehead atoms. The molecule has 2 saturated heterocycles. The highest BCUT2D eigenvalue weighted by atomic mass is 35.5. The Balaban J connectivity index is 1.74. The summed E-state index contributed by atoms with van der Waals surface area (Å²) in [5.41, 5.74) is 0. The highest BCUT2D eigenvalue weighted by molar-refractivity contribution is 7.89. The lowest BCUT2D eigenvalue weighted by molar-refractivity contribution is 0.0577. The third-order valence-corrected chi connectivity index (χ3v) is 7.24. The predicted octanol–water partition coefficient (Wildman–Crippen LogP) is 3.00. The number of sulfonamides is 1. The van der Waals surface area contributed by atoms with Crippen LogP contribution in [-0.2, 0) is 14.8 Å². The number of hydrogen-bond donors (Lipinski definition) is 0.